The minimum Gasteiger partial charge on any atom is -0.468 e. The molecule has 0 bridgehead atoms. The molecule has 0 aliphatic rings. The van der Waals surface area contributed by atoms with Gasteiger partial charge in [-0.1, -0.05) is 28.1 Å². The molecule has 1 aromatic carbocycles. The standard InChI is InChI=1S/C12H11BrO2S/c1-15-12(14)10(13)7-8-2-3-11-9(6-8)4-5-16-11/h2-6,10H,7H2,1H3. The number of hydrogen-bond donors (Lipinski definition) is 0. The van der Waals surface area contributed by atoms with E-state index in [0.717, 1.165) is 5.56 Å². The van der Waals surface area contributed by atoms with Crippen molar-refractivity contribution in [1.29, 1.82) is 0 Å². The van der Waals surface area contributed by atoms with Crippen LogP contribution in [-0.2, 0) is 16.0 Å². The highest BCUT2D eigenvalue weighted by molar-refractivity contribution is 9.10. The van der Waals surface area contributed by atoms with E-state index < -0.39 is 0 Å². The Bertz CT molecular complexity index is 506. The summed E-state index contributed by atoms with van der Waals surface area (Å²) in [6.45, 7) is 0. The number of rotatable bonds is 3. The minimum atomic E-state index is -0.270. The van der Waals surface area contributed by atoms with Crippen LogP contribution in [0.4, 0.5) is 0 Å². The van der Waals surface area contributed by atoms with Crippen LogP contribution in [0.1, 0.15) is 5.56 Å². The van der Waals surface area contributed by atoms with Crippen LogP contribution in [0, 0.1) is 0 Å². The van der Waals surface area contributed by atoms with Gasteiger partial charge < -0.3 is 4.74 Å². The van der Waals surface area contributed by atoms with Crippen molar-refractivity contribution in [2.45, 2.75) is 11.2 Å². The Hall–Kier alpha value is -0.870. The molecule has 84 valence electrons. The number of carbonyl (C=O) groups excluding carboxylic acids is 1. The molecule has 1 atom stereocenters. The number of methoxy groups -OCH3 is 1. The van der Waals surface area contributed by atoms with Crippen molar-refractivity contribution in [2.24, 2.45) is 0 Å². The molecule has 2 rings (SSSR count). The molecule has 1 unspecified atom stereocenters. The third kappa shape index (κ3) is 2.44. The summed E-state index contributed by atoms with van der Waals surface area (Å²) in [6, 6.07) is 8.34. The summed E-state index contributed by atoms with van der Waals surface area (Å²) in [5, 5.41) is 3.30. The van der Waals surface area contributed by atoms with Crippen molar-refractivity contribution < 1.29 is 9.53 Å². The summed E-state index contributed by atoms with van der Waals surface area (Å²) in [6.07, 6.45) is 0.651. The number of ether oxygens (including phenoxy) is 1. The highest BCUT2D eigenvalue weighted by Crippen LogP contribution is 2.23. The maximum absolute atomic E-state index is 11.3. The van der Waals surface area contributed by atoms with Crippen molar-refractivity contribution in [2.75, 3.05) is 7.11 Å². The summed E-state index contributed by atoms with van der Waals surface area (Å²) in [5.74, 6) is -0.231. The van der Waals surface area contributed by atoms with Crippen LogP contribution in [0.3, 0.4) is 0 Å². The molecule has 0 N–H and O–H groups in total. The van der Waals surface area contributed by atoms with Gasteiger partial charge in [-0.3, -0.25) is 4.79 Å². The molecule has 16 heavy (non-hydrogen) atoms. The van der Waals surface area contributed by atoms with Crippen molar-refractivity contribution in [3.8, 4) is 0 Å². The van der Waals surface area contributed by atoms with Gasteiger partial charge in [0.05, 0.1) is 7.11 Å². The molecule has 1 heterocycles. The molecule has 0 aliphatic carbocycles. The molecular formula is C12H11BrO2S. The number of esters is 1. The molecular weight excluding hydrogens is 288 g/mol. The van der Waals surface area contributed by atoms with Gasteiger partial charge in [-0.25, -0.2) is 0 Å². The average Bonchev–Trinajstić information content (AvgIpc) is 2.75. The summed E-state index contributed by atoms with van der Waals surface area (Å²) in [4.78, 5) is 11.0. The maximum Gasteiger partial charge on any atom is 0.319 e. The van der Waals surface area contributed by atoms with Crippen LogP contribution >= 0.6 is 27.3 Å². The quantitative estimate of drug-likeness (QED) is 0.641. The number of benzene rings is 1. The number of halogens is 1. The van der Waals surface area contributed by atoms with Gasteiger partial charge in [0.15, 0.2) is 0 Å². The number of alkyl halides is 1. The van der Waals surface area contributed by atoms with E-state index in [1.165, 1.54) is 17.2 Å². The molecule has 0 amide bonds. The number of hydrogen-bond acceptors (Lipinski definition) is 3. The first-order chi connectivity index (χ1) is 7.70. The molecule has 0 fully saturated rings. The molecule has 2 aromatic rings. The summed E-state index contributed by atoms with van der Waals surface area (Å²) >= 11 is 5.05. The van der Waals surface area contributed by atoms with Crippen LogP contribution in [0.2, 0.25) is 0 Å². The van der Waals surface area contributed by atoms with Gasteiger partial charge in [-0.2, -0.15) is 0 Å². The van der Waals surface area contributed by atoms with Gasteiger partial charge in [0, 0.05) is 4.70 Å². The predicted octanol–water partition coefficient (Wildman–Crippen LogP) is 3.38. The zero-order chi connectivity index (χ0) is 11.5. The van der Waals surface area contributed by atoms with Crippen LogP contribution in [-0.4, -0.2) is 17.9 Å². The second kappa shape index (κ2) is 4.97. The third-order valence-electron chi connectivity index (χ3n) is 2.39. The monoisotopic (exact) mass is 298 g/mol. The normalized spacial score (nSPS) is 12.6. The van der Waals surface area contributed by atoms with E-state index in [4.69, 9.17) is 0 Å². The van der Waals surface area contributed by atoms with Gasteiger partial charge in [0.1, 0.15) is 4.83 Å². The van der Waals surface area contributed by atoms with Crippen molar-refractivity contribution in [1.82, 2.24) is 0 Å². The molecule has 4 heteroatoms. The lowest BCUT2D eigenvalue weighted by Crippen LogP contribution is -2.17. The second-order valence-corrected chi connectivity index (χ2v) is 5.54. The van der Waals surface area contributed by atoms with E-state index in [9.17, 15) is 4.79 Å². The summed E-state index contributed by atoms with van der Waals surface area (Å²) in [5.41, 5.74) is 1.14. The summed E-state index contributed by atoms with van der Waals surface area (Å²) < 4.78 is 5.94. The predicted molar refractivity (Wildman–Crippen MR) is 70.3 cm³/mol. The zero-order valence-electron chi connectivity index (χ0n) is 8.77. The highest BCUT2D eigenvalue weighted by atomic mass is 79.9. The topological polar surface area (TPSA) is 26.3 Å². The Balaban J connectivity index is 2.17. The Morgan fingerprint density at radius 1 is 1.50 bits per heavy atom. The Morgan fingerprint density at radius 2 is 2.31 bits per heavy atom. The smallest absolute Gasteiger partial charge is 0.319 e. The summed E-state index contributed by atoms with van der Waals surface area (Å²) in [7, 11) is 1.40. The molecule has 0 aliphatic heterocycles. The lowest BCUT2D eigenvalue weighted by molar-refractivity contribution is -0.139. The van der Waals surface area contributed by atoms with Crippen molar-refractivity contribution in [3.63, 3.8) is 0 Å². The van der Waals surface area contributed by atoms with Gasteiger partial charge in [-0.15, -0.1) is 11.3 Å². The van der Waals surface area contributed by atoms with Gasteiger partial charge in [-0.05, 0) is 34.9 Å². The molecule has 0 saturated heterocycles. The SMILES string of the molecule is COC(=O)C(Br)Cc1ccc2sccc2c1. The lowest BCUT2D eigenvalue weighted by atomic mass is 10.1. The average molecular weight is 299 g/mol. The Kier molecular flexibility index (Phi) is 3.61. The number of thiophene rings is 1. The van der Waals surface area contributed by atoms with Gasteiger partial charge in [0.25, 0.3) is 0 Å². The van der Waals surface area contributed by atoms with E-state index in [0.29, 0.717) is 6.42 Å². The molecule has 2 nitrogen and oxygen atoms in total. The van der Waals surface area contributed by atoms with E-state index in [1.807, 2.05) is 0 Å². The van der Waals surface area contributed by atoms with Crippen LogP contribution in [0.5, 0.6) is 0 Å². The van der Waals surface area contributed by atoms with Crippen molar-refractivity contribution >= 4 is 43.3 Å². The largest absolute Gasteiger partial charge is 0.468 e. The first-order valence-corrected chi connectivity index (χ1v) is 6.68. The van der Waals surface area contributed by atoms with E-state index >= 15 is 0 Å². The number of carbonyl (C=O) groups is 1. The van der Waals surface area contributed by atoms with Crippen LogP contribution in [0.15, 0.2) is 29.6 Å². The van der Waals surface area contributed by atoms with Gasteiger partial charge in [0.2, 0.25) is 0 Å². The third-order valence-corrected chi connectivity index (χ3v) is 3.98. The highest BCUT2D eigenvalue weighted by Gasteiger charge is 2.15. The van der Waals surface area contributed by atoms with E-state index in [2.05, 4.69) is 50.3 Å². The fraction of sp³-hybridized carbons (Fsp3) is 0.250. The Labute approximate surface area is 106 Å². The first-order valence-electron chi connectivity index (χ1n) is 4.89. The maximum atomic E-state index is 11.3. The Morgan fingerprint density at radius 3 is 3.06 bits per heavy atom. The lowest BCUT2D eigenvalue weighted by Gasteiger charge is -2.07. The molecule has 0 radical (unpaired) electrons. The minimum absolute atomic E-state index is 0.231. The van der Waals surface area contributed by atoms with E-state index in [-0.39, 0.29) is 10.8 Å². The van der Waals surface area contributed by atoms with E-state index in [1.54, 1.807) is 11.3 Å². The van der Waals surface area contributed by atoms with Crippen LogP contribution in [0.25, 0.3) is 10.1 Å². The van der Waals surface area contributed by atoms with Crippen LogP contribution < -0.4 is 0 Å². The number of fused-ring (bicyclic) bond motifs is 1. The zero-order valence-corrected chi connectivity index (χ0v) is 11.2. The second-order valence-electron chi connectivity index (χ2n) is 3.49. The molecule has 0 saturated carbocycles. The first kappa shape index (κ1) is 11.6. The van der Waals surface area contributed by atoms with Crippen molar-refractivity contribution in [3.05, 3.63) is 35.2 Å². The molecule has 1 aromatic heterocycles. The fourth-order valence-corrected chi connectivity index (χ4v) is 2.89. The fourth-order valence-electron chi connectivity index (χ4n) is 1.56. The van der Waals surface area contributed by atoms with Gasteiger partial charge >= 0.3 is 5.97 Å². The molecule has 0 spiro atoms.